The van der Waals surface area contributed by atoms with Crippen LogP contribution in [0.5, 0.6) is 17.2 Å². The normalized spacial score (nSPS) is 9.85. The van der Waals surface area contributed by atoms with Crippen molar-refractivity contribution in [3.05, 3.63) is 17.4 Å². The standard InChI is InChI=1S/C13H15FO6/c1-5-20-13(16)10(15)7-6-8(17-2)12(19-4)9(14)11(7)18-3/h6H,5H2,1-4H3. The van der Waals surface area contributed by atoms with Crippen LogP contribution in [0, 0.1) is 5.82 Å². The average Bonchev–Trinajstić information content (AvgIpc) is 2.45. The van der Waals surface area contributed by atoms with E-state index in [4.69, 9.17) is 14.2 Å². The summed E-state index contributed by atoms with van der Waals surface area (Å²) in [5.41, 5.74) is -0.291. The highest BCUT2D eigenvalue weighted by molar-refractivity contribution is 6.41. The van der Waals surface area contributed by atoms with Crippen molar-refractivity contribution in [2.45, 2.75) is 6.92 Å². The van der Waals surface area contributed by atoms with Gasteiger partial charge in [0, 0.05) is 0 Å². The van der Waals surface area contributed by atoms with E-state index in [1.165, 1.54) is 27.4 Å². The number of ketones is 1. The fourth-order valence-corrected chi connectivity index (χ4v) is 1.61. The number of hydrogen-bond donors (Lipinski definition) is 0. The van der Waals surface area contributed by atoms with Crippen LogP contribution in [-0.2, 0) is 9.53 Å². The van der Waals surface area contributed by atoms with Crippen LogP contribution in [-0.4, -0.2) is 39.7 Å². The van der Waals surface area contributed by atoms with Crippen molar-refractivity contribution in [1.82, 2.24) is 0 Å². The smallest absolute Gasteiger partial charge is 0.379 e. The molecule has 1 aromatic rings. The van der Waals surface area contributed by atoms with Crippen LogP contribution in [0.3, 0.4) is 0 Å². The SMILES string of the molecule is CCOC(=O)C(=O)c1cc(OC)c(OC)c(F)c1OC. The van der Waals surface area contributed by atoms with Gasteiger partial charge < -0.3 is 18.9 Å². The van der Waals surface area contributed by atoms with Gasteiger partial charge in [0.25, 0.3) is 5.78 Å². The lowest BCUT2D eigenvalue weighted by Crippen LogP contribution is -2.19. The maximum atomic E-state index is 14.2. The molecule has 0 aliphatic carbocycles. The van der Waals surface area contributed by atoms with E-state index in [1.807, 2.05) is 0 Å². The molecule has 0 fully saturated rings. The van der Waals surface area contributed by atoms with Crippen LogP contribution < -0.4 is 14.2 Å². The van der Waals surface area contributed by atoms with Gasteiger partial charge in [-0.25, -0.2) is 4.79 Å². The molecule has 0 saturated heterocycles. The van der Waals surface area contributed by atoms with Crippen molar-refractivity contribution in [1.29, 1.82) is 0 Å². The van der Waals surface area contributed by atoms with E-state index < -0.39 is 23.3 Å². The Morgan fingerprint density at radius 2 is 1.70 bits per heavy atom. The number of ether oxygens (including phenoxy) is 4. The molecule has 0 aromatic heterocycles. The molecule has 0 aliphatic rings. The van der Waals surface area contributed by atoms with Gasteiger partial charge in [-0.2, -0.15) is 4.39 Å². The summed E-state index contributed by atoms with van der Waals surface area (Å²) >= 11 is 0. The number of carbonyl (C=O) groups is 2. The van der Waals surface area contributed by atoms with Crippen LogP contribution in [0.15, 0.2) is 6.07 Å². The van der Waals surface area contributed by atoms with Gasteiger partial charge in [0.05, 0.1) is 33.5 Å². The molecule has 0 unspecified atom stereocenters. The minimum Gasteiger partial charge on any atom is -0.493 e. The Bertz CT molecular complexity index is 526. The minimum atomic E-state index is -1.10. The maximum Gasteiger partial charge on any atom is 0.379 e. The summed E-state index contributed by atoms with van der Waals surface area (Å²) in [6.45, 7) is 1.58. The van der Waals surface area contributed by atoms with Crippen LogP contribution >= 0.6 is 0 Å². The highest BCUT2D eigenvalue weighted by atomic mass is 19.1. The Labute approximate surface area is 115 Å². The van der Waals surface area contributed by atoms with Crippen LogP contribution in [0.25, 0.3) is 0 Å². The van der Waals surface area contributed by atoms with E-state index in [-0.39, 0.29) is 23.7 Å². The fourth-order valence-electron chi connectivity index (χ4n) is 1.61. The van der Waals surface area contributed by atoms with Gasteiger partial charge in [0.2, 0.25) is 11.6 Å². The molecule has 110 valence electrons. The highest BCUT2D eigenvalue weighted by Crippen LogP contribution is 2.39. The monoisotopic (exact) mass is 286 g/mol. The van der Waals surface area contributed by atoms with E-state index in [0.717, 1.165) is 0 Å². The van der Waals surface area contributed by atoms with Crippen molar-refractivity contribution in [2.24, 2.45) is 0 Å². The van der Waals surface area contributed by atoms with Crippen molar-refractivity contribution in [3.63, 3.8) is 0 Å². The first-order valence-corrected chi connectivity index (χ1v) is 5.71. The first kappa shape index (κ1) is 15.7. The quantitative estimate of drug-likeness (QED) is 0.449. The zero-order valence-corrected chi connectivity index (χ0v) is 11.6. The lowest BCUT2D eigenvalue weighted by Gasteiger charge is -2.14. The Kier molecular flexibility index (Phi) is 5.31. The first-order valence-electron chi connectivity index (χ1n) is 5.71. The van der Waals surface area contributed by atoms with E-state index in [2.05, 4.69) is 4.74 Å². The molecule has 0 heterocycles. The Morgan fingerprint density at radius 1 is 1.10 bits per heavy atom. The number of halogens is 1. The lowest BCUT2D eigenvalue weighted by molar-refractivity contribution is -0.137. The summed E-state index contributed by atoms with van der Waals surface area (Å²) in [6.07, 6.45) is 0. The molecule has 0 bridgehead atoms. The van der Waals surface area contributed by atoms with Crippen molar-refractivity contribution >= 4 is 11.8 Å². The van der Waals surface area contributed by atoms with Gasteiger partial charge in [-0.3, -0.25) is 4.79 Å². The zero-order valence-electron chi connectivity index (χ0n) is 11.6. The van der Waals surface area contributed by atoms with E-state index >= 15 is 0 Å². The Balaban J connectivity index is 3.42. The van der Waals surface area contributed by atoms with Gasteiger partial charge in [-0.05, 0) is 13.0 Å². The summed E-state index contributed by atoms with van der Waals surface area (Å²) in [5, 5.41) is 0. The summed E-state index contributed by atoms with van der Waals surface area (Å²) in [7, 11) is 3.70. The van der Waals surface area contributed by atoms with Crippen molar-refractivity contribution in [3.8, 4) is 17.2 Å². The van der Waals surface area contributed by atoms with E-state index in [1.54, 1.807) is 6.92 Å². The number of carbonyl (C=O) groups excluding carboxylic acids is 2. The highest BCUT2D eigenvalue weighted by Gasteiger charge is 2.28. The second kappa shape index (κ2) is 6.74. The maximum absolute atomic E-state index is 14.2. The molecule has 0 aliphatic heterocycles. The Hall–Kier alpha value is -2.31. The third kappa shape index (κ3) is 2.81. The number of esters is 1. The number of Topliss-reactive ketones (excluding diaryl/α,β-unsaturated/α-hetero) is 1. The van der Waals surface area contributed by atoms with E-state index in [9.17, 15) is 14.0 Å². The summed E-state index contributed by atoms with van der Waals surface area (Å²) in [4.78, 5) is 23.4. The van der Waals surface area contributed by atoms with Crippen LogP contribution in [0.4, 0.5) is 4.39 Å². The second-order valence-electron chi connectivity index (χ2n) is 3.56. The van der Waals surface area contributed by atoms with Gasteiger partial charge in [-0.15, -0.1) is 0 Å². The van der Waals surface area contributed by atoms with Crippen LogP contribution in [0.2, 0.25) is 0 Å². The summed E-state index contributed by atoms with van der Waals surface area (Å²) < 4.78 is 33.3. The molecule has 0 radical (unpaired) electrons. The van der Waals surface area contributed by atoms with E-state index in [0.29, 0.717) is 0 Å². The van der Waals surface area contributed by atoms with Gasteiger partial charge in [-0.1, -0.05) is 0 Å². The predicted octanol–water partition coefficient (Wildman–Crippen LogP) is 1.60. The number of hydrogen-bond acceptors (Lipinski definition) is 6. The van der Waals surface area contributed by atoms with Crippen LogP contribution in [0.1, 0.15) is 17.3 Å². The molecular weight excluding hydrogens is 271 g/mol. The molecular formula is C13H15FO6. The predicted molar refractivity (Wildman–Crippen MR) is 67.0 cm³/mol. The average molecular weight is 286 g/mol. The Morgan fingerprint density at radius 3 is 2.15 bits per heavy atom. The number of benzene rings is 1. The molecule has 0 atom stereocenters. The summed E-state index contributed by atoms with van der Waals surface area (Å²) in [5.74, 6) is -3.70. The summed E-state index contributed by atoms with van der Waals surface area (Å²) in [6, 6.07) is 1.17. The molecule has 1 rings (SSSR count). The van der Waals surface area contributed by atoms with Gasteiger partial charge in [0.1, 0.15) is 0 Å². The third-order valence-electron chi connectivity index (χ3n) is 2.48. The largest absolute Gasteiger partial charge is 0.493 e. The molecule has 0 amide bonds. The second-order valence-corrected chi connectivity index (χ2v) is 3.56. The molecule has 0 spiro atoms. The number of rotatable bonds is 6. The molecule has 7 heteroatoms. The molecule has 0 saturated carbocycles. The minimum absolute atomic E-state index is 0.0292. The molecule has 6 nitrogen and oxygen atoms in total. The molecule has 1 aromatic carbocycles. The fraction of sp³-hybridized carbons (Fsp3) is 0.385. The van der Waals surface area contributed by atoms with Crippen molar-refractivity contribution < 1.29 is 32.9 Å². The number of methoxy groups -OCH3 is 3. The lowest BCUT2D eigenvalue weighted by atomic mass is 10.1. The zero-order chi connectivity index (χ0) is 15.3. The van der Waals surface area contributed by atoms with Gasteiger partial charge in [0.15, 0.2) is 11.5 Å². The first-order chi connectivity index (χ1) is 9.51. The van der Waals surface area contributed by atoms with Crippen molar-refractivity contribution in [2.75, 3.05) is 27.9 Å². The van der Waals surface area contributed by atoms with Gasteiger partial charge >= 0.3 is 5.97 Å². The molecule has 0 N–H and O–H groups in total. The molecule has 20 heavy (non-hydrogen) atoms. The third-order valence-corrected chi connectivity index (χ3v) is 2.48. The topological polar surface area (TPSA) is 71.1 Å².